The molecule has 1 aliphatic carbocycles. The number of fused-ring (bicyclic) bond motifs is 4. The molecule has 7 rings (SSSR count). The lowest BCUT2D eigenvalue weighted by Gasteiger charge is -2.44. The van der Waals surface area contributed by atoms with Crippen LogP contribution in [0.15, 0.2) is 103 Å². The highest BCUT2D eigenvalue weighted by molar-refractivity contribution is 5.89. The van der Waals surface area contributed by atoms with Gasteiger partial charge in [-0.25, -0.2) is 0 Å². The third-order valence-electron chi connectivity index (χ3n) is 8.61. The second-order valence-electron chi connectivity index (χ2n) is 10.6. The van der Waals surface area contributed by atoms with Gasteiger partial charge in [0.25, 0.3) is 0 Å². The van der Waals surface area contributed by atoms with Gasteiger partial charge in [-0.05, 0) is 59.2 Å². The van der Waals surface area contributed by atoms with Gasteiger partial charge in [0.1, 0.15) is 0 Å². The Morgan fingerprint density at radius 3 is 2.23 bits per heavy atom. The molecule has 2 heterocycles. The summed E-state index contributed by atoms with van der Waals surface area (Å²) in [5, 5.41) is 1.10. The van der Waals surface area contributed by atoms with E-state index in [4.69, 9.17) is 4.74 Å². The molecule has 4 heteroatoms. The molecule has 0 radical (unpaired) electrons. The van der Waals surface area contributed by atoms with Gasteiger partial charge < -0.3 is 9.72 Å². The summed E-state index contributed by atoms with van der Waals surface area (Å²) in [5.41, 5.74) is 9.35. The van der Waals surface area contributed by atoms with Crippen LogP contribution in [0.2, 0.25) is 0 Å². The highest BCUT2D eigenvalue weighted by atomic mass is 16.5. The number of para-hydroxylation sites is 1. The fourth-order valence-corrected chi connectivity index (χ4v) is 7.20. The first kappa shape index (κ1) is 23.9. The van der Waals surface area contributed by atoms with Crippen molar-refractivity contribution in [3.8, 4) is 11.1 Å². The summed E-state index contributed by atoms with van der Waals surface area (Å²) in [4.78, 5) is 19.3. The highest BCUT2D eigenvalue weighted by Crippen LogP contribution is 2.58. The van der Waals surface area contributed by atoms with E-state index in [-0.39, 0.29) is 18.4 Å². The fraction of sp³-hybridized carbons (Fsp3) is 0.229. The van der Waals surface area contributed by atoms with Crippen LogP contribution in [-0.2, 0) is 21.5 Å². The minimum atomic E-state index is -0.436. The third-order valence-corrected chi connectivity index (χ3v) is 8.61. The molecule has 1 saturated heterocycles. The molecule has 1 atom stereocenters. The molecule has 1 N–H and O–H groups in total. The first-order chi connectivity index (χ1) is 19.2. The second-order valence-corrected chi connectivity index (χ2v) is 10.6. The van der Waals surface area contributed by atoms with Crippen LogP contribution in [-0.4, -0.2) is 29.0 Å². The fourth-order valence-electron chi connectivity index (χ4n) is 7.20. The molecule has 1 aromatic heterocycles. The summed E-state index contributed by atoms with van der Waals surface area (Å²) in [6.45, 7) is 3.21. The molecule has 194 valence electrons. The molecule has 0 bridgehead atoms. The molecule has 4 nitrogen and oxygen atoms in total. The maximum atomic E-state index is 12.8. The Bertz CT molecular complexity index is 1620. The Morgan fingerprint density at radius 1 is 0.872 bits per heavy atom. The van der Waals surface area contributed by atoms with E-state index in [1.165, 1.54) is 27.8 Å². The summed E-state index contributed by atoms with van der Waals surface area (Å²) in [6, 6.07) is 37.2. The van der Waals surface area contributed by atoms with Crippen molar-refractivity contribution in [1.82, 2.24) is 9.88 Å². The molecule has 2 aliphatic rings. The molecular weight excluding hydrogens is 480 g/mol. The number of nitrogens with one attached hydrogen (secondary N) is 1. The van der Waals surface area contributed by atoms with E-state index in [1.54, 1.807) is 0 Å². The van der Waals surface area contributed by atoms with E-state index >= 15 is 0 Å². The maximum absolute atomic E-state index is 12.8. The predicted molar refractivity (Wildman–Crippen MR) is 156 cm³/mol. The number of H-pyrrole nitrogens is 1. The van der Waals surface area contributed by atoms with Crippen molar-refractivity contribution < 1.29 is 9.53 Å². The van der Waals surface area contributed by atoms with Crippen LogP contribution >= 0.6 is 0 Å². The van der Waals surface area contributed by atoms with Gasteiger partial charge in [-0.2, -0.15) is 0 Å². The topological polar surface area (TPSA) is 45.3 Å². The van der Waals surface area contributed by atoms with Crippen molar-refractivity contribution in [3.05, 3.63) is 131 Å². The summed E-state index contributed by atoms with van der Waals surface area (Å²) in [6.07, 6.45) is 2.36. The number of carbonyl (C=O) groups excluding carboxylic acids is 1. The van der Waals surface area contributed by atoms with E-state index in [1.807, 2.05) is 6.92 Å². The van der Waals surface area contributed by atoms with Crippen LogP contribution in [0, 0.1) is 0 Å². The number of nitrogens with zero attached hydrogens (tertiary/aromatic N) is 1. The lowest BCUT2D eigenvalue weighted by Crippen LogP contribution is -2.46. The largest absolute Gasteiger partial charge is 0.466 e. The predicted octanol–water partition coefficient (Wildman–Crippen LogP) is 7.38. The number of benzene rings is 4. The first-order valence-electron chi connectivity index (χ1n) is 14.0. The standard InChI is InChI=1S/C35H32N2O2/c1-2-39-33(38)23-28-27-17-8-11-20-31(27)36-34(28)32-21-12-22-37(32)35(24-13-4-3-5-14-24)29-18-9-6-15-25(29)26-16-7-10-19-30(26)35/h3-11,13-20,32,36H,2,12,21-23H2,1H3/t32-/m0/s1. The Kier molecular flexibility index (Phi) is 5.86. The van der Waals surface area contributed by atoms with Crippen LogP contribution < -0.4 is 0 Å². The molecule has 39 heavy (non-hydrogen) atoms. The summed E-state index contributed by atoms with van der Waals surface area (Å²) < 4.78 is 5.42. The number of ether oxygens (including phenoxy) is 1. The SMILES string of the molecule is CCOC(=O)Cc1c([C@@H]2CCCN2C2(c3ccccc3)c3ccccc3-c3ccccc32)[nH]c2ccccc12. The smallest absolute Gasteiger partial charge is 0.310 e. The zero-order chi connectivity index (χ0) is 26.4. The zero-order valence-electron chi connectivity index (χ0n) is 22.2. The van der Waals surface area contributed by atoms with Crippen molar-refractivity contribution in [3.63, 3.8) is 0 Å². The third kappa shape index (κ3) is 3.59. The monoisotopic (exact) mass is 512 g/mol. The Labute approximate surface area is 229 Å². The quantitative estimate of drug-likeness (QED) is 0.241. The molecule has 0 spiro atoms. The van der Waals surface area contributed by atoms with Gasteiger partial charge in [-0.15, -0.1) is 0 Å². The molecule has 5 aromatic rings. The number of carbonyl (C=O) groups is 1. The van der Waals surface area contributed by atoms with Gasteiger partial charge in [0.05, 0.1) is 24.6 Å². The number of aromatic amines is 1. The minimum absolute atomic E-state index is 0.112. The highest BCUT2D eigenvalue weighted by Gasteiger charge is 2.52. The zero-order valence-corrected chi connectivity index (χ0v) is 22.2. The Balaban J connectivity index is 1.47. The lowest BCUT2D eigenvalue weighted by molar-refractivity contribution is -0.142. The van der Waals surface area contributed by atoms with Gasteiger partial charge in [0.15, 0.2) is 0 Å². The normalized spacial score (nSPS) is 17.7. The molecule has 0 amide bonds. The van der Waals surface area contributed by atoms with E-state index in [0.29, 0.717) is 6.61 Å². The van der Waals surface area contributed by atoms with E-state index in [2.05, 4.69) is 113 Å². The van der Waals surface area contributed by atoms with E-state index in [9.17, 15) is 4.79 Å². The van der Waals surface area contributed by atoms with E-state index in [0.717, 1.165) is 41.5 Å². The van der Waals surface area contributed by atoms with Gasteiger partial charge >= 0.3 is 5.97 Å². The second kappa shape index (κ2) is 9.55. The van der Waals surface area contributed by atoms with Crippen molar-refractivity contribution in [1.29, 1.82) is 0 Å². The summed E-state index contributed by atoms with van der Waals surface area (Å²) in [5.74, 6) is -0.178. The molecule has 0 unspecified atom stereocenters. The molecule has 0 saturated carbocycles. The van der Waals surface area contributed by atoms with Crippen molar-refractivity contribution in [2.75, 3.05) is 13.2 Å². The van der Waals surface area contributed by atoms with Crippen molar-refractivity contribution in [2.45, 2.75) is 37.8 Å². The number of hydrogen-bond donors (Lipinski definition) is 1. The minimum Gasteiger partial charge on any atom is -0.466 e. The van der Waals surface area contributed by atoms with Crippen LogP contribution in [0.3, 0.4) is 0 Å². The number of rotatable bonds is 6. The maximum Gasteiger partial charge on any atom is 0.310 e. The number of esters is 1. The number of hydrogen-bond acceptors (Lipinski definition) is 3. The molecule has 1 aliphatic heterocycles. The number of aromatic nitrogens is 1. The van der Waals surface area contributed by atoms with Gasteiger partial charge in [-0.3, -0.25) is 9.69 Å². The Morgan fingerprint density at radius 2 is 1.51 bits per heavy atom. The van der Waals surface area contributed by atoms with E-state index < -0.39 is 5.54 Å². The molecule has 1 fully saturated rings. The van der Waals surface area contributed by atoms with Crippen LogP contribution in [0.25, 0.3) is 22.0 Å². The lowest BCUT2D eigenvalue weighted by atomic mass is 9.78. The van der Waals surface area contributed by atoms with Crippen molar-refractivity contribution in [2.24, 2.45) is 0 Å². The van der Waals surface area contributed by atoms with Crippen LogP contribution in [0.4, 0.5) is 0 Å². The first-order valence-corrected chi connectivity index (χ1v) is 14.0. The Hall–Kier alpha value is -4.15. The average Bonchev–Trinajstić information content (AvgIpc) is 3.67. The summed E-state index contributed by atoms with van der Waals surface area (Å²) >= 11 is 0. The van der Waals surface area contributed by atoms with Crippen LogP contribution in [0.1, 0.15) is 53.8 Å². The van der Waals surface area contributed by atoms with Gasteiger partial charge in [0.2, 0.25) is 0 Å². The molecular formula is C35H32N2O2. The average molecular weight is 513 g/mol. The van der Waals surface area contributed by atoms with Gasteiger partial charge in [0, 0.05) is 23.1 Å². The molecule has 4 aromatic carbocycles. The van der Waals surface area contributed by atoms with Crippen molar-refractivity contribution >= 4 is 16.9 Å². The van der Waals surface area contributed by atoms with Gasteiger partial charge in [-0.1, -0.05) is 97.1 Å². The number of likely N-dealkylation sites (tertiary alicyclic amines) is 1. The summed E-state index contributed by atoms with van der Waals surface area (Å²) in [7, 11) is 0. The van der Waals surface area contributed by atoms with Crippen LogP contribution in [0.5, 0.6) is 0 Å².